The molecule has 3 atom stereocenters. The van der Waals surface area contributed by atoms with Crippen molar-refractivity contribution in [1.82, 2.24) is 24.2 Å². The summed E-state index contributed by atoms with van der Waals surface area (Å²) in [6, 6.07) is 2.02. The molecule has 0 spiro atoms. The SMILES string of the molecule is CC1CCCc2ncc(C(=O)N3[C@H]4CC[C@@H]3c3nn(C)c(-c5cc(F)c(F)c(F)c5)c3C4)n21. The highest BCUT2D eigenvalue weighted by molar-refractivity contribution is 5.93. The predicted octanol–water partition coefficient (Wildman–Crippen LogP) is 4.50. The minimum absolute atomic E-state index is 0.0295. The lowest BCUT2D eigenvalue weighted by Gasteiger charge is -2.35. The van der Waals surface area contributed by atoms with Gasteiger partial charge in [-0.15, -0.1) is 0 Å². The molecule has 0 radical (unpaired) electrons. The second-order valence-corrected chi connectivity index (χ2v) is 9.42. The number of carbonyl (C=O) groups is 1. The number of hydrogen-bond acceptors (Lipinski definition) is 3. The van der Waals surface area contributed by atoms with E-state index in [9.17, 15) is 18.0 Å². The Morgan fingerprint density at radius 3 is 2.64 bits per heavy atom. The Morgan fingerprint density at radius 2 is 1.88 bits per heavy atom. The Balaban J connectivity index is 1.40. The molecule has 6 rings (SSSR count). The molecule has 3 aliphatic rings. The molecular formula is C24H24F3N5O. The minimum Gasteiger partial charge on any atom is -0.325 e. The third-order valence-corrected chi connectivity index (χ3v) is 7.48. The van der Waals surface area contributed by atoms with Crippen LogP contribution >= 0.6 is 0 Å². The van der Waals surface area contributed by atoms with E-state index in [1.807, 2.05) is 4.90 Å². The summed E-state index contributed by atoms with van der Waals surface area (Å²) in [6.07, 6.45) is 6.82. The Labute approximate surface area is 189 Å². The van der Waals surface area contributed by atoms with Crippen LogP contribution in [0.2, 0.25) is 0 Å². The molecule has 0 N–H and O–H groups in total. The van der Waals surface area contributed by atoms with Crippen molar-refractivity contribution >= 4 is 5.91 Å². The second kappa shape index (κ2) is 7.20. The van der Waals surface area contributed by atoms with Crippen LogP contribution in [-0.4, -0.2) is 36.2 Å². The van der Waals surface area contributed by atoms with Gasteiger partial charge in [0.2, 0.25) is 0 Å². The van der Waals surface area contributed by atoms with Gasteiger partial charge in [-0.3, -0.25) is 9.48 Å². The van der Waals surface area contributed by atoms with Crippen LogP contribution in [0.25, 0.3) is 11.3 Å². The molecule has 1 fully saturated rings. The van der Waals surface area contributed by atoms with Gasteiger partial charge in [-0.25, -0.2) is 18.2 Å². The number of rotatable bonds is 2. The topological polar surface area (TPSA) is 56.0 Å². The molecule has 1 amide bonds. The summed E-state index contributed by atoms with van der Waals surface area (Å²) < 4.78 is 45.1. The van der Waals surface area contributed by atoms with Crippen molar-refractivity contribution in [3.05, 3.63) is 58.6 Å². The summed E-state index contributed by atoms with van der Waals surface area (Å²) in [5.41, 5.74) is 3.08. The predicted molar refractivity (Wildman–Crippen MR) is 114 cm³/mol. The van der Waals surface area contributed by atoms with Crippen LogP contribution in [0.3, 0.4) is 0 Å². The van der Waals surface area contributed by atoms with Crippen LogP contribution in [0, 0.1) is 17.5 Å². The number of hydrogen-bond donors (Lipinski definition) is 0. The summed E-state index contributed by atoms with van der Waals surface area (Å²) in [6.45, 7) is 2.12. The molecule has 0 aliphatic carbocycles. The first-order valence-corrected chi connectivity index (χ1v) is 11.4. The molecule has 1 aromatic carbocycles. The Morgan fingerprint density at radius 1 is 1.12 bits per heavy atom. The molecule has 1 unspecified atom stereocenters. The van der Waals surface area contributed by atoms with Gasteiger partial charge in [0.05, 0.1) is 23.6 Å². The average molecular weight is 455 g/mol. The first-order valence-electron chi connectivity index (χ1n) is 11.4. The molecule has 1 saturated heterocycles. The van der Waals surface area contributed by atoms with Gasteiger partial charge in [-0.05, 0) is 51.2 Å². The van der Waals surface area contributed by atoms with E-state index in [0.717, 1.165) is 61.3 Å². The van der Waals surface area contributed by atoms with E-state index >= 15 is 0 Å². The van der Waals surface area contributed by atoms with Gasteiger partial charge in [0.15, 0.2) is 17.5 Å². The van der Waals surface area contributed by atoms with Crippen molar-refractivity contribution in [3.8, 4) is 11.3 Å². The zero-order valence-corrected chi connectivity index (χ0v) is 18.5. The number of halogens is 3. The van der Waals surface area contributed by atoms with Gasteiger partial charge in [-0.1, -0.05) is 0 Å². The first-order chi connectivity index (χ1) is 15.8. The van der Waals surface area contributed by atoms with Crippen LogP contribution < -0.4 is 0 Å². The van der Waals surface area contributed by atoms with Gasteiger partial charge in [0, 0.05) is 36.7 Å². The van der Waals surface area contributed by atoms with Crippen LogP contribution in [0.1, 0.15) is 72.3 Å². The zero-order valence-electron chi connectivity index (χ0n) is 18.5. The number of fused-ring (bicyclic) bond motifs is 5. The van der Waals surface area contributed by atoms with Crippen LogP contribution in [-0.2, 0) is 19.9 Å². The maximum Gasteiger partial charge on any atom is 0.272 e. The second-order valence-electron chi connectivity index (χ2n) is 9.42. The van der Waals surface area contributed by atoms with Crippen molar-refractivity contribution < 1.29 is 18.0 Å². The molecule has 172 valence electrons. The lowest BCUT2D eigenvalue weighted by Crippen LogP contribution is -2.43. The molecular weight excluding hydrogens is 431 g/mol. The lowest BCUT2D eigenvalue weighted by molar-refractivity contribution is 0.0627. The highest BCUT2D eigenvalue weighted by atomic mass is 19.2. The monoisotopic (exact) mass is 455 g/mol. The summed E-state index contributed by atoms with van der Waals surface area (Å²) in [5, 5.41) is 4.67. The number of carbonyl (C=O) groups excluding carboxylic acids is 1. The maximum absolute atomic E-state index is 14.0. The fourth-order valence-electron chi connectivity index (χ4n) is 6.06. The van der Waals surface area contributed by atoms with Gasteiger partial charge < -0.3 is 9.47 Å². The molecule has 2 aromatic heterocycles. The van der Waals surface area contributed by atoms with E-state index < -0.39 is 17.5 Å². The number of aryl methyl sites for hydroxylation is 2. The summed E-state index contributed by atoms with van der Waals surface area (Å²) in [7, 11) is 1.71. The highest BCUT2D eigenvalue weighted by Gasteiger charge is 2.46. The summed E-state index contributed by atoms with van der Waals surface area (Å²) in [4.78, 5) is 20.2. The van der Waals surface area contributed by atoms with Crippen molar-refractivity contribution in [2.24, 2.45) is 7.05 Å². The molecule has 2 bridgehead atoms. The largest absolute Gasteiger partial charge is 0.325 e. The molecule has 33 heavy (non-hydrogen) atoms. The van der Waals surface area contributed by atoms with Crippen molar-refractivity contribution in [1.29, 1.82) is 0 Å². The normalized spacial score (nSPS) is 23.5. The smallest absolute Gasteiger partial charge is 0.272 e. The number of amides is 1. The highest BCUT2D eigenvalue weighted by Crippen LogP contribution is 2.47. The van der Waals surface area contributed by atoms with Crippen molar-refractivity contribution in [2.45, 2.75) is 63.6 Å². The van der Waals surface area contributed by atoms with E-state index in [1.165, 1.54) is 0 Å². The number of benzene rings is 1. The maximum atomic E-state index is 14.0. The van der Waals surface area contributed by atoms with E-state index in [4.69, 9.17) is 0 Å². The van der Waals surface area contributed by atoms with Crippen molar-refractivity contribution in [3.63, 3.8) is 0 Å². The van der Waals surface area contributed by atoms with E-state index in [1.54, 1.807) is 17.9 Å². The molecule has 0 saturated carbocycles. The molecule has 3 aliphatic heterocycles. The number of imidazole rings is 1. The fourth-order valence-corrected chi connectivity index (χ4v) is 6.06. The van der Waals surface area contributed by atoms with Crippen molar-refractivity contribution in [2.75, 3.05) is 0 Å². The van der Waals surface area contributed by atoms with Crippen LogP contribution in [0.4, 0.5) is 13.2 Å². The third-order valence-electron chi connectivity index (χ3n) is 7.48. The number of aromatic nitrogens is 4. The third kappa shape index (κ3) is 2.90. The Kier molecular flexibility index (Phi) is 4.47. The van der Waals surface area contributed by atoms with Crippen LogP contribution in [0.15, 0.2) is 18.3 Å². The summed E-state index contributed by atoms with van der Waals surface area (Å²) in [5.74, 6) is -3.01. The Bertz CT molecular complexity index is 1270. The van der Waals surface area contributed by atoms with E-state index in [0.29, 0.717) is 17.8 Å². The standard InChI is InChI=1S/C24H24F3N5O/c1-12-4-3-5-20-28-11-19(31(12)20)24(33)32-14-6-7-18(32)22-15(10-14)23(30(2)29-22)13-8-16(25)21(27)17(26)9-13/h8-9,11-12,14,18H,3-7,10H2,1-2H3/t12?,14-,18+/m0/s1. The van der Waals surface area contributed by atoms with Crippen LogP contribution in [0.5, 0.6) is 0 Å². The quantitative estimate of drug-likeness (QED) is 0.535. The minimum atomic E-state index is -1.48. The summed E-state index contributed by atoms with van der Waals surface area (Å²) >= 11 is 0. The average Bonchev–Trinajstić information content (AvgIpc) is 3.45. The molecule has 9 heteroatoms. The molecule has 5 heterocycles. The van der Waals surface area contributed by atoms with Gasteiger partial charge >= 0.3 is 0 Å². The van der Waals surface area contributed by atoms with Gasteiger partial charge in [0.25, 0.3) is 5.91 Å². The first kappa shape index (κ1) is 20.5. The van der Waals surface area contributed by atoms with E-state index in [-0.39, 0.29) is 29.6 Å². The zero-order chi connectivity index (χ0) is 23.0. The van der Waals surface area contributed by atoms with Gasteiger partial charge in [0.1, 0.15) is 11.5 Å². The lowest BCUT2D eigenvalue weighted by atomic mass is 9.94. The molecule has 6 nitrogen and oxygen atoms in total. The molecule has 3 aromatic rings. The van der Waals surface area contributed by atoms with E-state index in [2.05, 4.69) is 21.6 Å². The van der Waals surface area contributed by atoms with Gasteiger partial charge in [-0.2, -0.15) is 5.10 Å². The Hall–Kier alpha value is -3.10. The number of nitrogens with zero attached hydrogens (tertiary/aromatic N) is 5. The fraction of sp³-hybridized carbons (Fsp3) is 0.458.